The molecule has 0 spiro atoms. The number of nitrogens with zero attached hydrogens (tertiary/aromatic N) is 2. The van der Waals surface area contributed by atoms with Gasteiger partial charge in [0.1, 0.15) is 12.1 Å². The largest absolute Gasteiger partial charge is 0.493 e. The first-order chi connectivity index (χ1) is 14.1. The van der Waals surface area contributed by atoms with E-state index in [2.05, 4.69) is 9.97 Å². The van der Waals surface area contributed by atoms with E-state index in [4.69, 9.17) is 18.9 Å². The molecule has 1 heterocycles. The van der Waals surface area contributed by atoms with E-state index in [1.165, 1.54) is 13.4 Å². The smallest absolute Gasteiger partial charge is 0.337 e. The molecular weight excluding hydrogens is 372 g/mol. The van der Waals surface area contributed by atoms with Crippen LogP contribution in [-0.4, -0.2) is 37.3 Å². The van der Waals surface area contributed by atoms with Gasteiger partial charge >= 0.3 is 5.97 Å². The highest BCUT2D eigenvalue weighted by Gasteiger charge is 2.13. The highest BCUT2D eigenvalue weighted by molar-refractivity contribution is 5.95. The van der Waals surface area contributed by atoms with Crippen molar-refractivity contribution in [3.63, 3.8) is 0 Å². The summed E-state index contributed by atoms with van der Waals surface area (Å²) in [5.41, 5.74) is 1.17. The number of hydrogen-bond donors (Lipinski definition) is 0. The summed E-state index contributed by atoms with van der Waals surface area (Å²) in [4.78, 5) is 20.3. The fourth-order valence-corrected chi connectivity index (χ4v) is 3.08. The van der Waals surface area contributed by atoms with Gasteiger partial charge in [-0.2, -0.15) is 0 Å². The molecule has 0 fully saturated rings. The Morgan fingerprint density at radius 2 is 1.55 bits per heavy atom. The molecule has 146 valence electrons. The standard InChI is InChI=1S/C22H18N2O5/c1-26-19-10-17-18(11-20(19)27-2)23-12-24-21(17)29-16-7-6-13-8-15(22(25)28-3)5-4-14(13)9-16/h4-12H,1-3H3. The number of rotatable bonds is 5. The van der Waals surface area contributed by atoms with Gasteiger partial charge in [-0.05, 0) is 41.1 Å². The van der Waals surface area contributed by atoms with Crippen molar-refractivity contribution >= 4 is 27.6 Å². The van der Waals surface area contributed by atoms with Gasteiger partial charge in [-0.15, -0.1) is 0 Å². The molecule has 4 aromatic rings. The van der Waals surface area contributed by atoms with E-state index in [1.807, 2.05) is 24.3 Å². The maximum absolute atomic E-state index is 11.7. The predicted octanol–water partition coefficient (Wildman–Crippen LogP) is 4.38. The van der Waals surface area contributed by atoms with Crippen LogP contribution in [0.25, 0.3) is 21.7 Å². The van der Waals surface area contributed by atoms with E-state index in [9.17, 15) is 4.79 Å². The van der Waals surface area contributed by atoms with Crippen molar-refractivity contribution in [1.82, 2.24) is 9.97 Å². The summed E-state index contributed by atoms with van der Waals surface area (Å²) in [7, 11) is 4.50. The van der Waals surface area contributed by atoms with Crippen molar-refractivity contribution in [2.24, 2.45) is 0 Å². The van der Waals surface area contributed by atoms with Crippen molar-refractivity contribution in [2.75, 3.05) is 21.3 Å². The molecule has 0 saturated heterocycles. The van der Waals surface area contributed by atoms with Gasteiger partial charge in [0.25, 0.3) is 0 Å². The second-order valence-corrected chi connectivity index (χ2v) is 6.22. The lowest BCUT2D eigenvalue weighted by Gasteiger charge is -2.12. The van der Waals surface area contributed by atoms with Gasteiger partial charge in [0.2, 0.25) is 5.88 Å². The second-order valence-electron chi connectivity index (χ2n) is 6.22. The molecule has 0 aliphatic rings. The van der Waals surface area contributed by atoms with E-state index in [0.29, 0.717) is 39.6 Å². The Kier molecular flexibility index (Phi) is 4.87. The molecule has 7 nitrogen and oxygen atoms in total. The van der Waals surface area contributed by atoms with Crippen molar-refractivity contribution in [1.29, 1.82) is 0 Å². The predicted molar refractivity (Wildman–Crippen MR) is 108 cm³/mol. The molecule has 0 bridgehead atoms. The summed E-state index contributed by atoms with van der Waals surface area (Å²) in [6.07, 6.45) is 1.44. The van der Waals surface area contributed by atoms with Gasteiger partial charge in [0.05, 0.1) is 37.8 Å². The third kappa shape index (κ3) is 3.50. The number of benzene rings is 3. The van der Waals surface area contributed by atoms with Gasteiger partial charge in [-0.1, -0.05) is 12.1 Å². The van der Waals surface area contributed by atoms with Gasteiger partial charge in [-0.3, -0.25) is 0 Å². The third-order valence-electron chi connectivity index (χ3n) is 4.55. The topological polar surface area (TPSA) is 79.8 Å². The van der Waals surface area contributed by atoms with Crippen molar-refractivity contribution in [2.45, 2.75) is 0 Å². The minimum absolute atomic E-state index is 0.371. The molecule has 1 aromatic heterocycles. The lowest BCUT2D eigenvalue weighted by molar-refractivity contribution is 0.0601. The molecule has 7 heteroatoms. The minimum Gasteiger partial charge on any atom is -0.493 e. The highest BCUT2D eigenvalue weighted by Crippen LogP contribution is 2.36. The Balaban J connectivity index is 1.72. The number of aromatic nitrogens is 2. The molecule has 29 heavy (non-hydrogen) atoms. The maximum atomic E-state index is 11.7. The SMILES string of the molecule is COC(=O)c1ccc2cc(Oc3ncnc4cc(OC)c(OC)cc34)ccc2c1. The fourth-order valence-electron chi connectivity index (χ4n) is 3.08. The first-order valence-electron chi connectivity index (χ1n) is 8.79. The molecule has 0 N–H and O–H groups in total. The van der Waals surface area contributed by atoms with E-state index in [0.717, 1.165) is 10.8 Å². The fraction of sp³-hybridized carbons (Fsp3) is 0.136. The monoisotopic (exact) mass is 390 g/mol. The molecule has 0 saturated carbocycles. The first-order valence-corrected chi connectivity index (χ1v) is 8.79. The van der Waals surface area contributed by atoms with Crippen LogP contribution in [0, 0.1) is 0 Å². The number of hydrogen-bond acceptors (Lipinski definition) is 7. The maximum Gasteiger partial charge on any atom is 0.337 e. The number of methoxy groups -OCH3 is 3. The van der Waals surface area contributed by atoms with Gasteiger partial charge in [0, 0.05) is 6.07 Å². The van der Waals surface area contributed by atoms with Crippen LogP contribution in [0.1, 0.15) is 10.4 Å². The average Bonchev–Trinajstić information content (AvgIpc) is 2.77. The third-order valence-corrected chi connectivity index (χ3v) is 4.55. The van der Waals surface area contributed by atoms with Gasteiger partial charge in [0.15, 0.2) is 11.5 Å². The van der Waals surface area contributed by atoms with Gasteiger partial charge < -0.3 is 18.9 Å². The Labute approximate surface area is 166 Å². The van der Waals surface area contributed by atoms with Gasteiger partial charge in [-0.25, -0.2) is 14.8 Å². The second kappa shape index (κ2) is 7.63. The van der Waals surface area contributed by atoms with E-state index in [1.54, 1.807) is 38.5 Å². The first kappa shape index (κ1) is 18.5. The van der Waals surface area contributed by atoms with E-state index in [-0.39, 0.29) is 5.97 Å². The number of ether oxygens (including phenoxy) is 4. The quantitative estimate of drug-likeness (QED) is 0.468. The summed E-state index contributed by atoms with van der Waals surface area (Å²) in [5, 5.41) is 2.53. The zero-order valence-electron chi connectivity index (χ0n) is 16.1. The summed E-state index contributed by atoms with van der Waals surface area (Å²) in [6, 6.07) is 14.5. The van der Waals surface area contributed by atoms with Crippen molar-refractivity contribution in [3.8, 4) is 23.1 Å². The minimum atomic E-state index is -0.371. The van der Waals surface area contributed by atoms with Crippen LogP contribution in [-0.2, 0) is 4.74 Å². The molecule has 0 radical (unpaired) electrons. The van der Waals surface area contributed by atoms with Crippen LogP contribution in [0.2, 0.25) is 0 Å². The summed E-state index contributed by atoms with van der Waals surface area (Å²) >= 11 is 0. The lowest BCUT2D eigenvalue weighted by atomic mass is 10.1. The molecule has 0 aliphatic heterocycles. The number of esters is 1. The number of carbonyl (C=O) groups excluding carboxylic acids is 1. The molecule has 0 atom stereocenters. The van der Waals surface area contributed by atoms with Crippen LogP contribution < -0.4 is 14.2 Å². The summed E-state index contributed by atoms with van der Waals surface area (Å²) in [5.74, 6) is 1.79. The zero-order valence-corrected chi connectivity index (χ0v) is 16.1. The van der Waals surface area contributed by atoms with Crippen LogP contribution in [0.15, 0.2) is 54.9 Å². The molecule has 0 unspecified atom stereocenters. The lowest BCUT2D eigenvalue weighted by Crippen LogP contribution is -2.00. The van der Waals surface area contributed by atoms with E-state index >= 15 is 0 Å². The Morgan fingerprint density at radius 1 is 0.828 bits per heavy atom. The molecular formula is C22H18N2O5. The van der Waals surface area contributed by atoms with Crippen LogP contribution in [0.3, 0.4) is 0 Å². The molecule has 0 amide bonds. The highest BCUT2D eigenvalue weighted by atomic mass is 16.5. The Bertz CT molecular complexity index is 1220. The molecule has 4 rings (SSSR count). The van der Waals surface area contributed by atoms with Crippen LogP contribution in [0.4, 0.5) is 0 Å². The summed E-state index contributed by atoms with van der Waals surface area (Å²) in [6.45, 7) is 0. The molecule has 0 aliphatic carbocycles. The van der Waals surface area contributed by atoms with Crippen LogP contribution in [0.5, 0.6) is 23.1 Å². The number of carbonyl (C=O) groups is 1. The normalized spacial score (nSPS) is 10.7. The average molecular weight is 390 g/mol. The summed E-state index contributed by atoms with van der Waals surface area (Å²) < 4.78 is 21.5. The Morgan fingerprint density at radius 3 is 2.31 bits per heavy atom. The zero-order chi connectivity index (χ0) is 20.4. The Hall–Kier alpha value is -3.87. The number of fused-ring (bicyclic) bond motifs is 2. The molecule has 3 aromatic carbocycles. The van der Waals surface area contributed by atoms with Crippen molar-refractivity contribution < 1.29 is 23.7 Å². The van der Waals surface area contributed by atoms with Crippen LogP contribution >= 0.6 is 0 Å². The van der Waals surface area contributed by atoms with E-state index < -0.39 is 0 Å². The van der Waals surface area contributed by atoms with Crippen molar-refractivity contribution in [3.05, 3.63) is 60.4 Å².